The van der Waals surface area contributed by atoms with E-state index in [1.54, 1.807) is 6.20 Å². The largest absolute Gasteiger partial charge is 0.337 e. The summed E-state index contributed by atoms with van der Waals surface area (Å²) in [5.41, 5.74) is 8.12. The smallest absolute Gasteiger partial charge is 0.257 e. The van der Waals surface area contributed by atoms with Gasteiger partial charge in [-0.05, 0) is 37.5 Å². The van der Waals surface area contributed by atoms with Gasteiger partial charge in [-0.3, -0.25) is 9.89 Å². The average Bonchev–Trinajstić information content (AvgIpc) is 3.13. The standard InChI is InChI=1S/C17H26N4O/c18-15-10-21(9-14(15)11-6-7-11)17(22)13-8-19-20-16(13)12-4-2-1-3-5-12/h8,11-12,14-15H,1-7,9-10,18H2,(H,19,20)/t14-,15+/m0/s1. The Labute approximate surface area is 131 Å². The minimum Gasteiger partial charge on any atom is -0.337 e. The predicted molar refractivity (Wildman–Crippen MR) is 84.5 cm³/mol. The molecule has 0 bridgehead atoms. The van der Waals surface area contributed by atoms with Crippen LogP contribution in [0.5, 0.6) is 0 Å². The third kappa shape index (κ3) is 2.56. The van der Waals surface area contributed by atoms with Gasteiger partial charge in [0.1, 0.15) is 0 Å². The van der Waals surface area contributed by atoms with Crippen LogP contribution < -0.4 is 5.73 Å². The van der Waals surface area contributed by atoms with Gasteiger partial charge in [-0.15, -0.1) is 0 Å². The zero-order chi connectivity index (χ0) is 15.1. The Morgan fingerprint density at radius 2 is 1.95 bits per heavy atom. The van der Waals surface area contributed by atoms with E-state index < -0.39 is 0 Å². The summed E-state index contributed by atoms with van der Waals surface area (Å²) in [6.45, 7) is 1.54. The Hall–Kier alpha value is -1.36. The lowest BCUT2D eigenvalue weighted by molar-refractivity contribution is 0.0783. The fourth-order valence-corrected chi connectivity index (χ4v) is 4.38. The normalized spacial score (nSPS) is 30.0. The Morgan fingerprint density at radius 3 is 2.68 bits per heavy atom. The molecule has 1 aromatic heterocycles. The van der Waals surface area contributed by atoms with Crippen molar-refractivity contribution >= 4 is 5.91 Å². The molecule has 0 unspecified atom stereocenters. The lowest BCUT2D eigenvalue weighted by Crippen LogP contribution is -2.33. The number of carbonyl (C=O) groups excluding carboxylic acids is 1. The summed E-state index contributed by atoms with van der Waals surface area (Å²) in [7, 11) is 0. The number of aromatic amines is 1. The number of rotatable bonds is 3. The summed E-state index contributed by atoms with van der Waals surface area (Å²) >= 11 is 0. The molecule has 1 aromatic rings. The van der Waals surface area contributed by atoms with Crippen molar-refractivity contribution < 1.29 is 4.79 Å². The van der Waals surface area contributed by atoms with Crippen LogP contribution in [0.15, 0.2) is 6.20 Å². The van der Waals surface area contributed by atoms with E-state index in [0.29, 0.717) is 18.4 Å². The lowest BCUT2D eigenvalue weighted by Gasteiger charge is -2.23. The van der Waals surface area contributed by atoms with Crippen LogP contribution in [0, 0.1) is 11.8 Å². The molecule has 2 saturated carbocycles. The Balaban J connectivity index is 1.50. The van der Waals surface area contributed by atoms with Crippen molar-refractivity contribution in [3.05, 3.63) is 17.5 Å². The summed E-state index contributed by atoms with van der Waals surface area (Å²) in [6, 6.07) is 0.154. The number of amides is 1. The van der Waals surface area contributed by atoms with Gasteiger partial charge in [0.15, 0.2) is 0 Å². The molecule has 1 amide bonds. The van der Waals surface area contributed by atoms with E-state index in [2.05, 4.69) is 10.2 Å². The molecule has 120 valence electrons. The van der Waals surface area contributed by atoms with Gasteiger partial charge in [-0.1, -0.05) is 19.3 Å². The van der Waals surface area contributed by atoms with Crippen LogP contribution >= 0.6 is 0 Å². The molecule has 0 spiro atoms. The van der Waals surface area contributed by atoms with Gasteiger partial charge in [0.2, 0.25) is 0 Å². The number of hydrogen-bond donors (Lipinski definition) is 2. The lowest BCUT2D eigenvalue weighted by atomic mass is 9.85. The van der Waals surface area contributed by atoms with Crippen LogP contribution in [0.2, 0.25) is 0 Å². The highest BCUT2D eigenvalue weighted by Crippen LogP contribution is 2.41. The van der Waals surface area contributed by atoms with Crippen molar-refractivity contribution in [3.63, 3.8) is 0 Å². The molecule has 0 aromatic carbocycles. The molecule has 2 heterocycles. The highest BCUT2D eigenvalue weighted by Gasteiger charge is 2.42. The monoisotopic (exact) mass is 302 g/mol. The second-order valence-electron chi connectivity index (χ2n) is 7.41. The highest BCUT2D eigenvalue weighted by atomic mass is 16.2. The third-order valence-electron chi connectivity index (χ3n) is 5.84. The van der Waals surface area contributed by atoms with Gasteiger partial charge in [0, 0.05) is 25.0 Å². The second kappa shape index (κ2) is 5.69. The van der Waals surface area contributed by atoms with Crippen LogP contribution in [0.25, 0.3) is 0 Å². The molecule has 22 heavy (non-hydrogen) atoms. The number of H-pyrrole nitrogens is 1. The molecular formula is C17H26N4O. The molecule has 1 saturated heterocycles. The topological polar surface area (TPSA) is 75.0 Å². The summed E-state index contributed by atoms with van der Waals surface area (Å²) in [6.07, 6.45) is 10.5. The van der Waals surface area contributed by atoms with E-state index in [1.807, 2.05) is 4.90 Å². The second-order valence-corrected chi connectivity index (χ2v) is 7.41. The predicted octanol–water partition coefficient (Wildman–Crippen LogP) is 2.27. The van der Waals surface area contributed by atoms with E-state index >= 15 is 0 Å². The van der Waals surface area contributed by atoms with Crippen molar-refractivity contribution in [3.8, 4) is 0 Å². The van der Waals surface area contributed by atoms with Crippen molar-refractivity contribution in [2.24, 2.45) is 17.6 Å². The van der Waals surface area contributed by atoms with Crippen molar-refractivity contribution in [1.29, 1.82) is 0 Å². The average molecular weight is 302 g/mol. The number of carbonyl (C=O) groups is 1. The first kappa shape index (κ1) is 14.2. The van der Waals surface area contributed by atoms with Crippen LogP contribution in [-0.2, 0) is 0 Å². The highest BCUT2D eigenvalue weighted by molar-refractivity contribution is 5.95. The molecule has 2 aliphatic carbocycles. The Kier molecular flexibility index (Phi) is 3.68. The molecule has 3 aliphatic rings. The summed E-state index contributed by atoms with van der Waals surface area (Å²) in [5.74, 6) is 1.88. The minimum atomic E-state index is 0.132. The fourth-order valence-electron chi connectivity index (χ4n) is 4.38. The fraction of sp³-hybridized carbons (Fsp3) is 0.765. The van der Waals surface area contributed by atoms with E-state index in [4.69, 9.17) is 5.73 Å². The SMILES string of the molecule is N[C@@H]1CN(C(=O)c2cn[nH]c2C2CCCCC2)C[C@H]1C1CC1. The summed E-state index contributed by atoms with van der Waals surface area (Å²) in [4.78, 5) is 14.9. The maximum absolute atomic E-state index is 12.9. The first-order valence-corrected chi connectivity index (χ1v) is 8.82. The maximum Gasteiger partial charge on any atom is 0.257 e. The molecule has 0 radical (unpaired) electrons. The molecule has 1 aliphatic heterocycles. The molecule has 3 N–H and O–H groups in total. The first-order valence-electron chi connectivity index (χ1n) is 8.82. The van der Waals surface area contributed by atoms with Crippen LogP contribution in [0.4, 0.5) is 0 Å². The molecule has 5 nitrogen and oxygen atoms in total. The summed E-state index contributed by atoms with van der Waals surface area (Å²) in [5, 5.41) is 7.28. The molecule has 5 heteroatoms. The van der Waals surface area contributed by atoms with E-state index in [-0.39, 0.29) is 11.9 Å². The van der Waals surface area contributed by atoms with Crippen LogP contribution in [0.1, 0.15) is 66.9 Å². The van der Waals surface area contributed by atoms with Gasteiger partial charge in [-0.2, -0.15) is 5.10 Å². The molecule has 2 atom stereocenters. The number of nitrogens with one attached hydrogen (secondary N) is 1. The van der Waals surface area contributed by atoms with Crippen molar-refractivity contribution in [1.82, 2.24) is 15.1 Å². The number of aromatic nitrogens is 2. The Bertz CT molecular complexity index is 545. The molecule has 4 rings (SSSR count). The quantitative estimate of drug-likeness (QED) is 0.899. The van der Waals surface area contributed by atoms with E-state index in [9.17, 15) is 4.79 Å². The number of hydrogen-bond acceptors (Lipinski definition) is 3. The number of nitrogens with zero attached hydrogens (tertiary/aromatic N) is 2. The first-order chi connectivity index (χ1) is 10.7. The zero-order valence-corrected chi connectivity index (χ0v) is 13.1. The van der Waals surface area contributed by atoms with Crippen LogP contribution in [-0.4, -0.2) is 40.1 Å². The van der Waals surface area contributed by atoms with Crippen molar-refractivity contribution in [2.45, 2.75) is 56.9 Å². The summed E-state index contributed by atoms with van der Waals surface area (Å²) < 4.78 is 0. The van der Waals surface area contributed by atoms with Crippen molar-refractivity contribution in [2.75, 3.05) is 13.1 Å². The van der Waals surface area contributed by atoms with E-state index in [0.717, 1.165) is 23.7 Å². The zero-order valence-electron chi connectivity index (χ0n) is 13.1. The van der Waals surface area contributed by atoms with Gasteiger partial charge >= 0.3 is 0 Å². The number of nitrogens with two attached hydrogens (primary N) is 1. The van der Waals surface area contributed by atoms with Gasteiger partial charge in [0.05, 0.1) is 17.5 Å². The minimum absolute atomic E-state index is 0.132. The maximum atomic E-state index is 12.9. The molecular weight excluding hydrogens is 276 g/mol. The number of likely N-dealkylation sites (tertiary alicyclic amines) is 1. The van der Waals surface area contributed by atoms with Crippen LogP contribution in [0.3, 0.4) is 0 Å². The van der Waals surface area contributed by atoms with Gasteiger partial charge < -0.3 is 10.6 Å². The Morgan fingerprint density at radius 1 is 1.18 bits per heavy atom. The molecule has 3 fully saturated rings. The third-order valence-corrected chi connectivity index (χ3v) is 5.84. The van der Waals surface area contributed by atoms with Gasteiger partial charge in [0.25, 0.3) is 5.91 Å². The van der Waals surface area contributed by atoms with Gasteiger partial charge in [-0.25, -0.2) is 0 Å². The van der Waals surface area contributed by atoms with E-state index in [1.165, 1.54) is 44.9 Å².